The van der Waals surface area contributed by atoms with Crippen molar-refractivity contribution in [3.63, 3.8) is 0 Å². The van der Waals surface area contributed by atoms with E-state index >= 15 is 0 Å². The molecule has 0 aliphatic carbocycles. The predicted molar refractivity (Wildman–Crippen MR) is 100 cm³/mol. The standard InChI is InChI=1S/C20H12N2O6/c23-20-17(21-19(28-20)13-4-2-1-3-5-13)12-16-9-8-14(26-16)6-7-15-10-11-18(27-15)22(24)25/h1-12H/b7-6+,17-12-. The summed E-state index contributed by atoms with van der Waals surface area (Å²) in [5, 5.41) is 10.6. The number of carbonyl (C=O) groups excluding carboxylic acids is 1. The zero-order chi connectivity index (χ0) is 19.5. The molecule has 0 unspecified atom stereocenters. The lowest BCUT2D eigenvalue weighted by Gasteiger charge is -1.97. The second-order valence-corrected chi connectivity index (χ2v) is 5.71. The number of furan rings is 2. The van der Waals surface area contributed by atoms with Gasteiger partial charge in [0, 0.05) is 11.6 Å². The molecule has 3 heterocycles. The van der Waals surface area contributed by atoms with Gasteiger partial charge in [-0.2, -0.15) is 0 Å². The molecule has 1 aliphatic rings. The Morgan fingerprint density at radius 1 is 0.893 bits per heavy atom. The zero-order valence-electron chi connectivity index (χ0n) is 14.3. The van der Waals surface area contributed by atoms with Crippen LogP contribution in [0, 0.1) is 10.1 Å². The minimum Gasteiger partial charge on any atom is -0.457 e. The van der Waals surface area contributed by atoms with Gasteiger partial charge in [0.1, 0.15) is 22.2 Å². The van der Waals surface area contributed by atoms with Gasteiger partial charge in [0.2, 0.25) is 5.90 Å². The Bertz CT molecular complexity index is 1130. The summed E-state index contributed by atoms with van der Waals surface area (Å²) in [6, 6.07) is 15.2. The predicted octanol–water partition coefficient (Wildman–Crippen LogP) is 4.30. The lowest BCUT2D eigenvalue weighted by molar-refractivity contribution is -0.402. The van der Waals surface area contributed by atoms with Crippen LogP contribution in [0.2, 0.25) is 0 Å². The Morgan fingerprint density at radius 2 is 1.57 bits per heavy atom. The third-order valence-corrected chi connectivity index (χ3v) is 3.77. The lowest BCUT2D eigenvalue weighted by Crippen LogP contribution is -2.04. The maximum absolute atomic E-state index is 12.0. The van der Waals surface area contributed by atoms with Crippen LogP contribution in [0.3, 0.4) is 0 Å². The normalized spacial score (nSPS) is 15.2. The van der Waals surface area contributed by atoms with Crippen LogP contribution in [0.15, 0.2) is 74.1 Å². The van der Waals surface area contributed by atoms with Crippen LogP contribution in [0.1, 0.15) is 22.8 Å². The van der Waals surface area contributed by atoms with Crippen LogP contribution in [0.4, 0.5) is 5.88 Å². The maximum Gasteiger partial charge on any atom is 0.433 e. The topological polar surface area (TPSA) is 108 Å². The molecule has 0 atom stereocenters. The van der Waals surface area contributed by atoms with Crippen molar-refractivity contribution in [1.82, 2.24) is 0 Å². The van der Waals surface area contributed by atoms with E-state index in [9.17, 15) is 14.9 Å². The van der Waals surface area contributed by atoms with Crippen molar-refractivity contribution in [3.8, 4) is 0 Å². The molecule has 1 aromatic carbocycles. The Morgan fingerprint density at radius 3 is 2.29 bits per heavy atom. The van der Waals surface area contributed by atoms with Crippen molar-refractivity contribution >= 4 is 36.0 Å². The van der Waals surface area contributed by atoms with Gasteiger partial charge < -0.3 is 13.6 Å². The van der Waals surface area contributed by atoms with Crippen LogP contribution in [0.5, 0.6) is 0 Å². The van der Waals surface area contributed by atoms with Gasteiger partial charge in [-0.3, -0.25) is 10.1 Å². The Balaban J connectivity index is 1.51. The second kappa shape index (κ2) is 7.20. The molecule has 4 rings (SSSR count). The number of hydrogen-bond donors (Lipinski definition) is 0. The number of aliphatic imine (C=N–C) groups is 1. The van der Waals surface area contributed by atoms with E-state index in [2.05, 4.69) is 4.99 Å². The average Bonchev–Trinajstić information content (AvgIpc) is 3.42. The first-order valence-electron chi connectivity index (χ1n) is 8.18. The molecule has 8 heteroatoms. The summed E-state index contributed by atoms with van der Waals surface area (Å²) < 4.78 is 15.8. The molecule has 1 aliphatic heterocycles. The van der Waals surface area contributed by atoms with Gasteiger partial charge in [-0.05, 0) is 42.5 Å². The zero-order valence-corrected chi connectivity index (χ0v) is 14.3. The molecule has 0 saturated heterocycles. The largest absolute Gasteiger partial charge is 0.457 e. The first kappa shape index (κ1) is 17.2. The molecule has 3 aromatic rings. The number of ether oxygens (including phenoxy) is 1. The first-order valence-corrected chi connectivity index (χ1v) is 8.18. The molecule has 0 radical (unpaired) electrons. The van der Waals surface area contributed by atoms with E-state index in [0.29, 0.717) is 22.8 Å². The number of cyclic esters (lactones) is 1. The third kappa shape index (κ3) is 3.65. The smallest absolute Gasteiger partial charge is 0.433 e. The van der Waals surface area contributed by atoms with E-state index in [-0.39, 0.29) is 17.5 Å². The highest BCUT2D eigenvalue weighted by Gasteiger charge is 2.24. The van der Waals surface area contributed by atoms with Crippen molar-refractivity contribution < 1.29 is 23.3 Å². The quantitative estimate of drug-likeness (QED) is 0.284. The van der Waals surface area contributed by atoms with Gasteiger partial charge in [-0.25, -0.2) is 9.79 Å². The number of benzene rings is 1. The van der Waals surface area contributed by atoms with E-state index in [1.807, 2.05) is 18.2 Å². The van der Waals surface area contributed by atoms with Crippen LogP contribution < -0.4 is 0 Å². The minimum absolute atomic E-state index is 0.130. The Kier molecular flexibility index (Phi) is 4.43. The summed E-state index contributed by atoms with van der Waals surface area (Å²) in [7, 11) is 0. The average molecular weight is 376 g/mol. The molecule has 0 spiro atoms. The van der Waals surface area contributed by atoms with Crippen LogP contribution >= 0.6 is 0 Å². The van der Waals surface area contributed by atoms with Gasteiger partial charge in [0.15, 0.2) is 5.70 Å². The van der Waals surface area contributed by atoms with Crippen molar-refractivity contribution in [3.05, 3.63) is 93.3 Å². The number of nitrogens with zero attached hydrogens (tertiary/aromatic N) is 2. The molecule has 8 nitrogen and oxygen atoms in total. The van der Waals surface area contributed by atoms with Crippen molar-refractivity contribution in [1.29, 1.82) is 0 Å². The molecule has 138 valence electrons. The molecule has 0 bridgehead atoms. The van der Waals surface area contributed by atoms with E-state index in [1.54, 1.807) is 30.3 Å². The summed E-state index contributed by atoms with van der Waals surface area (Å²) in [6.07, 6.45) is 4.61. The van der Waals surface area contributed by atoms with Crippen LogP contribution in [-0.2, 0) is 9.53 Å². The third-order valence-electron chi connectivity index (χ3n) is 3.77. The minimum atomic E-state index is -0.612. The van der Waals surface area contributed by atoms with Crippen molar-refractivity contribution in [2.75, 3.05) is 0 Å². The molecule has 0 amide bonds. The number of nitro groups is 1. The van der Waals surface area contributed by atoms with E-state index in [0.717, 1.165) is 0 Å². The highest BCUT2D eigenvalue weighted by Crippen LogP contribution is 2.22. The highest BCUT2D eigenvalue weighted by molar-refractivity contribution is 6.12. The SMILES string of the molecule is O=C1OC(c2ccccc2)=N/C1=C\c1ccc(/C=C/c2ccc([N+](=O)[O-])o2)o1. The molecule has 2 aromatic heterocycles. The fourth-order valence-corrected chi connectivity index (χ4v) is 2.48. The van der Waals surface area contributed by atoms with Gasteiger partial charge in [-0.15, -0.1) is 0 Å². The maximum atomic E-state index is 12.0. The number of esters is 1. The summed E-state index contributed by atoms with van der Waals surface area (Å²) in [6.45, 7) is 0. The van der Waals surface area contributed by atoms with E-state index in [1.165, 1.54) is 24.3 Å². The number of hydrogen-bond acceptors (Lipinski definition) is 7. The number of rotatable bonds is 5. The summed E-state index contributed by atoms with van der Waals surface area (Å²) in [5.74, 6) is 0.550. The lowest BCUT2D eigenvalue weighted by atomic mass is 10.2. The van der Waals surface area contributed by atoms with E-state index in [4.69, 9.17) is 13.6 Å². The monoisotopic (exact) mass is 376 g/mol. The molecular weight excluding hydrogens is 364 g/mol. The van der Waals surface area contributed by atoms with Gasteiger partial charge in [0.05, 0.1) is 6.07 Å². The highest BCUT2D eigenvalue weighted by atomic mass is 16.6. The van der Waals surface area contributed by atoms with Gasteiger partial charge in [0.25, 0.3) is 0 Å². The molecule has 28 heavy (non-hydrogen) atoms. The summed E-state index contributed by atoms with van der Waals surface area (Å²) in [5.41, 5.74) is 0.834. The van der Waals surface area contributed by atoms with Crippen LogP contribution in [0.25, 0.3) is 18.2 Å². The fourth-order valence-electron chi connectivity index (χ4n) is 2.48. The fraction of sp³-hybridized carbons (Fsp3) is 0. The summed E-state index contributed by atoms with van der Waals surface area (Å²) >= 11 is 0. The van der Waals surface area contributed by atoms with Crippen molar-refractivity contribution in [2.45, 2.75) is 0 Å². The molecule has 0 N–H and O–H groups in total. The second-order valence-electron chi connectivity index (χ2n) is 5.71. The molecule has 0 fully saturated rings. The van der Waals surface area contributed by atoms with Crippen LogP contribution in [-0.4, -0.2) is 16.8 Å². The Hall–Kier alpha value is -4.20. The first-order chi connectivity index (χ1) is 13.6. The number of carbonyl (C=O) groups is 1. The molecule has 0 saturated carbocycles. The van der Waals surface area contributed by atoms with Gasteiger partial charge in [-0.1, -0.05) is 18.2 Å². The summed E-state index contributed by atoms with van der Waals surface area (Å²) in [4.78, 5) is 26.2. The van der Waals surface area contributed by atoms with Crippen molar-refractivity contribution in [2.24, 2.45) is 4.99 Å². The van der Waals surface area contributed by atoms with Gasteiger partial charge >= 0.3 is 11.9 Å². The van der Waals surface area contributed by atoms with E-state index < -0.39 is 10.9 Å². The molecular formula is C20H12N2O6. The Labute approximate surface area is 158 Å².